The minimum Gasteiger partial charge on any atom is -0.224 e. The molecule has 2 rings (SSSR count). The highest BCUT2D eigenvalue weighted by Gasteiger charge is 2.26. The first kappa shape index (κ1) is 11.6. The normalized spacial score (nSPS) is 23.5. The first-order valence-corrected chi connectivity index (χ1v) is 7.19. The van der Waals surface area contributed by atoms with Crippen LogP contribution in [0.15, 0.2) is 23.1 Å². The van der Waals surface area contributed by atoms with Crippen LogP contribution in [0, 0.1) is 11.7 Å². The van der Waals surface area contributed by atoms with E-state index in [0.717, 1.165) is 12.8 Å². The Morgan fingerprint density at radius 2 is 2.19 bits per heavy atom. The quantitative estimate of drug-likeness (QED) is 0.709. The minimum atomic E-state index is -3.22. The summed E-state index contributed by atoms with van der Waals surface area (Å²) in [5.41, 5.74) is 0.635. The lowest BCUT2D eigenvalue weighted by Crippen LogP contribution is -2.13. The summed E-state index contributed by atoms with van der Waals surface area (Å²) in [5, 5.41) is 0. The van der Waals surface area contributed by atoms with Gasteiger partial charge in [-0.15, -0.1) is 0 Å². The van der Waals surface area contributed by atoms with Crippen LogP contribution in [0.3, 0.4) is 0 Å². The van der Waals surface area contributed by atoms with Crippen molar-refractivity contribution in [1.29, 1.82) is 0 Å². The van der Waals surface area contributed by atoms with Gasteiger partial charge in [-0.3, -0.25) is 0 Å². The summed E-state index contributed by atoms with van der Waals surface area (Å²) in [6.45, 7) is 2.00. The average molecular weight is 242 g/mol. The lowest BCUT2D eigenvalue weighted by atomic mass is 9.99. The van der Waals surface area contributed by atoms with Gasteiger partial charge in [0.05, 0.1) is 10.6 Å². The van der Waals surface area contributed by atoms with Gasteiger partial charge < -0.3 is 0 Å². The number of hydrogen-bond donors (Lipinski definition) is 0. The molecule has 2 nitrogen and oxygen atoms in total. The molecule has 0 saturated carbocycles. The molecular weight excluding hydrogens is 227 g/mol. The Kier molecular flexibility index (Phi) is 3.02. The van der Waals surface area contributed by atoms with E-state index >= 15 is 0 Å². The first-order chi connectivity index (χ1) is 7.53. The van der Waals surface area contributed by atoms with Crippen molar-refractivity contribution in [1.82, 2.24) is 0 Å². The van der Waals surface area contributed by atoms with E-state index in [1.54, 1.807) is 0 Å². The van der Waals surface area contributed by atoms with Crippen molar-refractivity contribution in [3.05, 3.63) is 29.6 Å². The van der Waals surface area contributed by atoms with Gasteiger partial charge in [-0.05, 0) is 42.5 Å². The molecule has 1 unspecified atom stereocenters. The van der Waals surface area contributed by atoms with E-state index < -0.39 is 9.84 Å². The molecule has 0 saturated heterocycles. The highest BCUT2D eigenvalue weighted by atomic mass is 32.2. The van der Waals surface area contributed by atoms with E-state index in [2.05, 4.69) is 0 Å². The molecule has 0 aliphatic carbocycles. The van der Waals surface area contributed by atoms with Crippen LogP contribution in [0.2, 0.25) is 0 Å². The van der Waals surface area contributed by atoms with E-state index in [9.17, 15) is 12.8 Å². The highest BCUT2D eigenvalue weighted by molar-refractivity contribution is 7.91. The number of fused-ring (bicyclic) bond motifs is 1. The Hall–Kier alpha value is -0.900. The van der Waals surface area contributed by atoms with E-state index in [4.69, 9.17) is 0 Å². The molecule has 0 spiro atoms. The SMILES string of the molecule is CCC1CCc2cc(F)ccc2S(=O)(=O)C1. The predicted octanol–water partition coefficient (Wildman–Crippen LogP) is 2.57. The van der Waals surface area contributed by atoms with Gasteiger partial charge in [0.2, 0.25) is 0 Å². The van der Waals surface area contributed by atoms with Crippen molar-refractivity contribution in [2.24, 2.45) is 5.92 Å². The standard InChI is InChI=1S/C12H15FO2S/c1-2-9-3-4-10-7-11(13)5-6-12(10)16(14,15)8-9/h5-7,9H,2-4,8H2,1H3. The second-order valence-corrected chi connectivity index (χ2v) is 6.35. The van der Waals surface area contributed by atoms with E-state index in [0.29, 0.717) is 16.9 Å². The topological polar surface area (TPSA) is 34.1 Å². The van der Waals surface area contributed by atoms with Gasteiger partial charge in [0.15, 0.2) is 9.84 Å². The lowest BCUT2D eigenvalue weighted by Gasteiger charge is -2.09. The Morgan fingerprint density at radius 1 is 1.44 bits per heavy atom. The van der Waals surface area contributed by atoms with Crippen molar-refractivity contribution < 1.29 is 12.8 Å². The minimum absolute atomic E-state index is 0.195. The predicted molar refractivity (Wildman–Crippen MR) is 60.6 cm³/mol. The zero-order chi connectivity index (χ0) is 11.8. The highest BCUT2D eigenvalue weighted by Crippen LogP contribution is 2.28. The molecule has 0 aromatic heterocycles. The van der Waals surface area contributed by atoms with Crippen molar-refractivity contribution in [3.63, 3.8) is 0 Å². The van der Waals surface area contributed by atoms with Gasteiger partial charge in [-0.2, -0.15) is 0 Å². The molecule has 1 atom stereocenters. The lowest BCUT2D eigenvalue weighted by molar-refractivity contribution is 0.512. The molecule has 1 heterocycles. The molecule has 1 aliphatic rings. The molecular formula is C12H15FO2S. The van der Waals surface area contributed by atoms with Crippen LogP contribution in [-0.2, 0) is 16.3 Å². The van der Waals surface area contributed by atoms with Gasteiger partial charge in [-0.1, -0.05) is 13.3 Å². The maximum Gasteiger partial charge on any atom is 0.178 e. The van der Waals surface area contributed by atoms with Gasteiger partial charge in [0.25, 0.3) is 0 Å². The number of aryl methyl sites for hydroxylation is 1. The molecule has 0 radical (unpaired) electrons. The molecule has 4 heteroatoms. The average Bonchev–Trinajstić information content (AvgIpc) is 2.35. The van der Waals surface area contributed by atoms with Crippen LogP contribution in [-0.4, -0.2) is 14.2 Å². The third kappa shape index (κ3) is 2.12. The number of halogens is 1. The van der Waals surface area contributed by atoms with Crippen molar-refractivity contribution in [2.45, 2.75) is 31.1 Å². The molecule has 0 N–H and O–H groups in total. The molecule has 88 valence electrons. The van der Waals surface area contributed by atoms with Crippen LogP contribution in [0.5, 0.6) is 0 Å². The largest absolute Gasteiger partial charge is 0.224 e. The van der Waals surface area contributed by atoms with Crippen LogP contribution in [0.4, 0.5) is 4.39 Å². The van der Waals surface area contributed by atoms with Crippen LogP contribution in [0.1, 0.15) is 25.3 Å². The van der Waals surface area contributed by atoms with Crippen LogP contribution < -0.4 is 0 Å². The number of sulfone groups is 1. The third-order valence-electron chi connectivity index (χ3n) is 3.21. The maximum atomic E-state index is 13.1. The fourth-order valence-corrected chi connectivity index (χ4v) is 4.25. The number of hydrogen-bond acceptors (Lipinski definition) is 2. The van der Waals surface area contributed by atoms with E-state index in [-0.39, 0.29) is 17.5 Å². The van der Waals surface area contributed by atoms with Crippen molar-refractivity contribution in [3.8, 4) is 0 Å². The molecule has 0 fully saturated rings. The summed E-state index contributed by atoms with van der Waals surface area (Å²) >= 11 is 0. The summed E-state index contributed by atoms with van der Waals surface area (Å²) < 4.78 is 37.2. The Labute approximate surface area is 95.4 Å². The molecule has 0 bridgehead atoms. The Morgan fingerprint density at radius 3 is 2.88 bits per heavy atom. The summed E-state index contributed by atoms with van der Waals surface area (Å²) in [7, 11) is -3.22. The molecule has 0 amide bonds. The Balaban J connectivity index is 2.50. The fourth-order valence-electron chi connectivity index (χ4n) is 2.21. The summed E-state index contributed by atoms with van der Waals surface area (Å²) in [4.78, 5) is 0.324. The summed E-state index contributed by atoms with van der Waals surface area (Å²) in [6, 6.07) is 3.98. The van der Waals surface area contributed by atoms with Crippen molar-refractivity contribution in [2.75, 3.05) is 5.75 Å². The van der Waals surface area contributed by atoms with Gasteiger partial charge in [-0.25, -0.2) is 12.8 Å². The number of rotatable bonds is 1. The fraction of sp³-hybridized carbons (Fsp3) is 0.500. The third-order valence-corrected chi connectivity index (χ3v) is 5.19. The van der Waals surface area contributed by atoms with E-state index in [1.165, 1.54) is 18.2 Å². The van der Waals surface area contributed by atoms with Gasteiger partial charge in [0.1, 0.15) is 5.82 Å². The molecule has 1 aliphatic heterocycles. The zero-order valence-corrected chi connectivity index (χ0v) is 10.1. The zero-order valence-electron chi connectivity index (χ0n) is 9.24. The Bertz CT molecular complexity index is 494. The maximum absolute atomic E-state index is 13.1. The van der Waals surface area contributed by atoms with Crippen molar-refractivity contribution >= 4 is 9.84 Å². The molecule has 16 heavy (non-hydrogen) atoms. The summed E-state index contributed by atoms with van der Waals surface area (Å²) in [5.74, 6) is 0.0339. The smallest absolute Gasteiger partial charge is 0.178 e. The summed E-state index contributed by atoms with van der Waals surface area (Å²) in [6.07, 6.45) is 2.34. The second-order valence-electron chi connectivity index (χ2n) is 4.35. The van der Waals surface area contributed by atoms with Crippen LogP contribution >= 0.6 is 0 Å². The second kappa shape index (κ2) is 4.17. The molecule has 1 aromatic rings. The monoisotopic (exact) mass is 242 g/mol. The van der Waals surface area contributed by atoms with Gasteiger partial charge >= 0.3 is 0 Å². The molecule has 1 aromatic carbocycles. The van der Waals surface area contributed by atoms with Gasteiger partial charge in [0, 0.05) is 0 Å². The van der Waals surface area contributed by atoms with Crippen LogP contribution in [0.25, 0.3) is 0 Å². The first-order valence-electron chi connectivity index (χ1n) is 5.54. The number of benzene rings is 1. The van der Waals surface area contributed by atoms with E-state index in [1.807, 2.05) is 6.92 Å².